The van der Waals surface area contributed by atoms with E-state index in [1.165, 1.54) is 18.1 Å². The van der Waals surface area contributed by atoms with Crippen LogP contribution in [0.4, 0.5) is 4.79 Å². The molecule has 0 radical (unpaired) electrons. The van der Waals surface area contributed by atoms with Crippen molar-refractivity contribution in [3.63, 3.8) is 0 Å². The summed E-state index contributed by atoms with van der Waals surface area (Å²) < 4.78 is 53.8. The highest BCUT2D eigenvalue weighted by Gasteiger charge is 2.48. The maximum atomic E-state index is 14.3. The Labute approximate surface area is 332 Å². The Bertz CT molecular complexity index is 1730. The van der Waals surface area contributed by atoms with Crippen molar-refractivity contribution in [3.8, 4) is 28.7 Å². The first kappa shape index (κ1) is 44.4. The molecule has 56 heavy (non-hydrogen) atoms. The second-order valence-corrected chi connectivity index (χ2v) is 20.0. The minimum absolute atomic E-state index is 0.00935. The van der Waals surface area contributed by atoms with E-state index in [1.54, 1.807) is 26.2 Å². The number of aliphatic hydroxyl groups is 1. The van der Waals surface area contributed by atoms with Gasteiger partial charge < -0.3 is 47.4 Å². The Morgan fingerprint density at radius 2 is 1.75 bits per heavy atom. The Morgan fingerprint density at radius 3 is 2.36 bits per heavy atom. The van der Waals surface area contributed by atoms with Gasteiger partial charge in [0.1, 0.15) is 25.0 Å². The number of esters is 1. The fraction of sp³-hybridized carbons (Fsp3) is 0.561. The van der Waals surface area contributed by atoms with Crippen LogP contribution in [0.1, 0.15) is 67.6 Å². The molecule has 0 saturated heterocycles. The summed E-state index contributed by atoms with van der Waals surface area (Å²) in [6, 6.07) is -0.124. The van der Waals surface area contributed by atoms with E-state index in [1.807, 2.05) is 19.9 Å². The number of amides is 1. The maximum Gasteiger partial charge on any atom is 0.410 e. The number of aryl methyl sites for hydroxylation is 1. The lowest BCUT2D eigenvalue weighted by molar-refractivity contribution is -0.146. The van der Waals surface area contributed by atoms with Gasteiger partial charge in [0.05, 0.1) is 45.1 Å². The molecule has 0 spiro atoms. The topological polar surface area (TPSA) is 153 Å². The third kappa shape index (κ3) is 9.45. The minimum Gasteiger partial charge on any atom is -0.493 e. The van der Waals surface area contributed by atoms with Gasteiger partial charge in [-0.2, -0.15) is 0 Å². The van der Waals surface area contributed by atoms with E-state index < -0.39 is 44.5 Å². The van der Waals surface area contributed by atoms with Crippen LogP contribution in [0.3, 0.4) is 0 Å². The molecule has 14 nitrogen and oxygen atoms in total. The van der Waals surface area contributed by atoms with Gasteiger partial charge in [0.25, 0.3) is 0 Å². The van der Waals surface area contributed by atoms with Crippen LogP contribution in [-0.2, 0) is 29.9 Å². The lowest BCUT2D eigenvalue weighted by Crippen LogP contribution is -2.58. The average molecular weight is 801 g/mol. The zero-order valence-electron chi connectivity index (χ0n) is 34.6. The summed E-state index contributed by atoms with van der Waals surface area (Å²) in [5.41, 5.74) is 3.25. The van der Waals surface area contributed by atoms with Crippen molar-refractivity contribution in [1.82, 2.24) is 10.2 Å². The first-order valence-corrected chi connectivity index (χ1v) is 21.7. The molecule has 2 aromatic carbocycles. The smallest absolute Gasteiger partial charge is 0.410 e. The molecule has 4 rings (SSSR count). The second-order valence-electron chi connectivity index (χ2n) is 15.2. The molecule has 310 valence electrons. The van der Waals surface area contributed by atoms with E-state index in [9.17, 15) is 14.7 Å². The molecule has 2 aromatic rings. The fourth-order valence-electron chi connectivity index (χ4n) is 6.77. The van der Waals surface area contributed by atoms with Gasteiger partial charge in [-0.05, 0) is 62.5 Å². The van der Waals surface area contributed by atoms with E-state index in [4.69, 9.17) is 42.3 Å². The van der Waals surface area contributed by atoms with Crippen LogP contribution >= 0.6 is 0 Å². The predicted molar refractivity (Wildman–Crippen MR) is 213 cm³/mol. The summed E-state index contributed by atoms with van der Waals surface area (Å²) in [4.78, 5) is 30.1. The quantitative estimate of drug-likeness (QED) is 0.0693. The molecule has 4 atom stereocenters. The summed E-state index contributed by atoms with van der Waals surface area (Å²) in [5, 5.41) is 14.3. The number of rotatable bonds is 19. The summed E-state index contributed by atoms with van der Waals surface area (Å²) in [6.07, 6.45) is 2.66. The van der Waals surface area contributed by atoms with Crippen LogP contribution in [-0.4, -0.2) is 103 Å². The zero-order valence-corrected chi connectivity index (χ0v) is 35.6. The van der Waals surface area contributed by atoms with Crippen LogP contribution < -0.4 is 29.0 Å². The van der Waals surface area contributed by atoms with Crippen molar-refractivity contribution in [2.24, 2.45) is 0 Å². The number of fused-ring (bicyclic) bond motifs is 2. The minimum atomic E-state index is -2.50. The lowest BCUT2D eigenvalue weighted by Gasteiger charge is -2.47. The third-order valence-electron chi connectivity index (χ3n) is 10.5. The van der Waals surface area contributed by atoms with Crippen LogP contribution in [0.15, 0.2) is 37.4 Å². The van der Waals surface area contributed by atoms with Gasteiger partial charge in [0.15, 0.2) is 38.1 Å². The van der Waals surface area contributed by atoms with Crippen LogP contribution in [0.5, 0.6) is 28.7 Å². The SMILES string of the molecule is C=CCOC(=O)N1[C@H](CO)Cc2cc(C)c(OC)c(OCC=C)c2[C@H]1[C@H](CO[Si](C)(C)C(C)(C)C)N[C@@H](C(=O)OCC)c1cc(OCOC)c(C)c2c1OCO2. The molecule has 0 saturated carbocycles. The number of aliphatic hydroxyl groups excluding tert-OH is 1. The third-order valence-corrected chi connectivity index (χ3v) is 15.0. The molecule has 2 heterocycles. The summed E-state index contributed by atoms with van der Waals surface area (Å²) in [6.45, 7) is 23.3. The van der Waals surface area contributed by atoms with E-state index >= 15 is 0 Å². The normalized spacial score (nSPS) is 17.4. The Balaban J connectivity index is 2.08. The first-order valence-electron chi connectivity index (χ1n) is 18.8. The van der Waals surface area contributed by atoms with Crippen molar-refractivity contribution in [1.29, 1.82) is 0 Å². The van der Waals surface area contributed by atoms with Crippen LogP contribution in [0, 0.1) is 13.8 Å². The summed E-state index contributed by atoms with van der Waals surface area (Å²) in [7, 11) is 0.560. The van der Waals surface area contributed by atoms with E-state index in [2.05, 4.69) is 52.3 Å². The number of carbonyl (C=O) groups is 2. The van der Waals surface area contributed by atoms with E-state index in [-0.39, 0.29) is 58.1 Å². The van der Waals surface area contributed by atoms with E-state index in [0.29, 0.717) is 45.4 Å². The largest absolute Gasteiger partial charge is 0.493 e. The lowest BCUT2D eigenvalue weighted by atomic mass is 9.82. The molecule has 0 aromatic heterocycles. The molecule has 2 aliphatic heterocycles. The number of benzene rings is 2. The Kier molecular flexibility index (Phi) is 15.3. The number of ether oxygens (including phenoxy) is 8. The number of carbonyl (C=O) groups excluding carboxylic acids is 2. The fourth-order valence-corrected chi connectivity index (χ4v) is 7.80. The van der Waals surface area contributed by atoms with Gasteiger partial charge in [-0.25, -0.2) is 9.59 Å². The Hall–Kier alpha value is -4.28. The van der Waals surface area contributed by atoms with Crippen molar-refractivity contribution in [3.05, 3.63) is 65.3 Å². The molecule has 0 aliphatic carbocycles. The maximum absolute atomic E-state index is 14.3. The molecule has 2 aliphatic rings. The van der Waals surface area contributed by atoms with Gasteiger partial charge in [-0.1, -0.05) is 52.1 Å². The van der Waals surface area contributed by atoms with Gasteiger partial charge in [-0.3, -0.25) is 10.2 Å². The summed E-state index contributed by atoms with van der Waals surface area (Å²) in [5.74, 6) is 1.40. The molecular formula is C41H60N2O12Si. The standard InChI is InChI=1S/C41H60N2O12Si/c1-13-16-50-38-32-27(18-25(4)35(38)48-10)19-28(21-44)43(40(46)51-17-14-2)34(32)30(22-55-56(11,12)41(6,7)8)42-33(39(45)49-15-3)29-20-31(52-23-47-9)26(5)36-37(29)54-24-53-36/h13-14,18,20,28,30,33-34,42,44H,1-2,15-17,19,21-24H2,3-12H3/t28-,30-,33+,34+/m0/s1. The molecule has 0 fully saturated rings. The van der Waals surface area contributed by atoms with Crippen LogP contribution in [0.2, 0.25) is 18.1 Å². The van der Waals surface area contributed by atoms with Crippen molar-refractivity contribution in [2.75, 3.05) is 60.8 Å². The highest BCUT2D eigenvalue weighted by Crippen LogP contribution is 2.50. The Morgan fingerprint density at radius 1 is 1.05 bits per heavy atom. The molecule has 0 bridgehead atoms. The van der Waals surface area contributed by atoms with Crippen molar-refractivity contribution < 1.29 is 57.0 Å². The number of hydrogen-bond acceptors (Lipinski definition) is 13. The van der Waals surface area contributed by atoms with Crippen molar-refractivity contribution in [2.45, 2.75) is 90.3 Å². The highest BCUT2D eigenvalue weighted by atomic mass is 28.4. The van der Waals surface area contributed by atoms with Gasteiger partial charge in [-0.15, -0.1) is 0 Å². The van der Waals surface area contributed by atoms with Gasteiger partial charge in [0, 0.05) is 23.8 Å². The average Bonchev–Trinajstić information content (AvgIpc) is 3.66. The number of hydrogen-bond donors (Lipinski definition) is 2. The number of nitrogens with zero attached hydrogens (tertiary/aromatic N) is 1. The highest BCUT2D eigenvalue weighted by molar-refractivity contribution is 6.74. The number of methoxy groups -OCH3 is 2. The molecule has 1 amide bonds. The van der Waals surface area contributed by atoms with Crippen LogP contribution in [0.25, 0.3) is 0 Å². The van der Waals surface area contributed by atoms with Gasteiger partial charge >= 0.3 is 12.1 Å². The summed E-state index contributed by atoms with van der Waals surface area (Å²) >= 11 is 0. The molecule has 0 unspecified atom stereocenters. The second kappa shape index (κ2) is 19.2. The predicted octanol–water partition coefficient (Wildman–Crippen LogP) is 6.46. The first-order chi connectivity index (χ1) is 26.6. The van der Waals surface area contributed by atoms with Gasteiger partial charge in [0.2, 0.25) is 6.79 Å². The number of nitrogens with one attached hydrogen (secondary N) is 1. The molecule has 2 N–H and O–H groups in total. The zero-order chi connectivity index (χ0) is 41.4. The molecular weight excluding hydrogens is 741 g/mol. The monoisotopic (exact) mass is 800 g/mol. The van der Waals surface area contributed by atoms with E-state index in [0.717, 1.165) is 11.1 Å². The van der Waals surface area contributed by atoms with Crippen molar-refractivity contribution >= 4 is 20.4 Å². The molecule has 15 heteroatoms.